The molecule has 0 spiro atoms. The molecule has 2 heterocycles. The first-order chi connectivity index (χ1) is 13.2. The molecule has 3 rings (SSSR count). The number of hydrogen-bond donors (Lipinski definition) is 1. The molecule has 2 aromatic rings. The Morgan fingerprint density at radius 3 is 2.85 bits per heavy atom. The molecule has 0 unspecified atom stereocenters. The first-order valence-corrected chi connectivity index (χ1v) is 8.89. The van der Waals surface area contributed by atoms with Gasteiger partial charge >= 0.3 is 0 Å². The van der Waals surface area contributed by atoms with Gasteiger partial charge in [0.15, 0.2) is 0 Å². The number of methoxy groups -OCH3 is 1. The van der Waals surface area contributed by atoms with Gasteiger partial charge in [-0.2, -0.15) is 0 Å². The standard InChI is InChI=1S/C20H23N3O4/c1-26-9-10-27-18-12-16(7-8-21-18)20(25)22-13-15-11-19(24)23(14-15)17-5-3-2-4-6-17/h2-8,12,15H,9-11,13-14H2,1H3,(H,22,25)/t15-/m0/s1. The second kappa shape index (κ2) is 9.14. The van der Waals surface area contributed by atoms with Crippen LogP contribution in [0.5, 0.6) is 5.88 Å². The van der Waals surface area contributed by atoms with Crippen LogP contribution in [0.2, 0.25) is 0 Å². The monoisotopic (exact) mass is 369 g/mol. The number of amides is 2. The van der Waals surface area contributed by atoms with Crippen LogP contribution in [0.15, 0.2) is 48.7 Å². The van der Waals surface area contributed by atoms with Crippen molar-refractivity contribution in [3.05, 3.63) is 54.2 Å². The van der Waals surface area contributed by atoms with Crippen LogP contribution in [0, 0.1) is 5.92 Å². The van der Waals surface area contributed by atoms with E-state index in [4.69, 9.17) is 9.47 Å². The van der Waals surface area contributed by atoms with Crippen LogP contribution < -0.4 is 15.0 Å². The number of nitrogens with zero attached hydrogens (tertiary/aromatic N) is 2. The van der Waals surface area contributed by atoms with Crippen molar-refractivity contribution in [3.63, 3.8) is 0 Å². The van der Waals surface area contributed by atoms with Crippen molar-refractivity contribution >= 4 is 17.5 Å². The Kier molecular flexibility index (Phi) is 6.38. The highest BCUT2D eigenvalue weighted by Crippen LogP contribution is 2.24. The highest BCUT2D eigenvalue weighted by molar-refractivity contribution is 5.96. The lowest BCUT2D eigenvalue weighted by Crippen LogP contribution is -2.31. The van der Waals surface area contributed by atoms with E-state index in [2.05, 4.69) is 10.3 Å². The zero-order chi connectivity index (χ0) is 19.1. The van der Waals surface area contributed by atoms with E-state index in [-0.39, 0.29) is 17.7 Å². The average molecular weight is 369 g/mol. The quantitative estimate of drug-likeness (QED) is 0.719. The molecule has 1 aromatic heterocycles. The van der Waals surface area contributed by atoms with Crippen molar-refractivity contribution in [2.45, 2.75) is 6.42 Å². The topological polar surface area (TPSA) is 80.8 Å². The van der Waals surface area contributed by atoms with Crippen LogP contribution in [-0.2, 0) is 9.53 Å². The van der Waals surface area contributed by atoms with E-state index < -0.39 is 0 Å². The summed E-state index contributed by atoms with van der Waals surface area (Å²) in [7, 11) is 1.59. The third kappa shape index (κ3) is 5.04. The lowest BCUT2D eigenvalue weighted by atomic mass is 10.1. The zero-order valence-corrected chi connectivity index (χ0v) is 15.3. The smallest absolute Gasteiger partial charge is 0.251 e. The Morgan fingerprint density at radius 1 is 1.26 bits per heavy atom. The van der Waals surface area contributed by atoms with E-state index in [1.54, 1.807) is 24.1 Å². The van der Waals surface area contributed by atoms with Crippen LogP contribution >= 0.6 is 0 Å². The molecule has 1 aliphatic rings. The number of carbonyl (C=O) groups excluding carboxylic acids is 2. The van der Waals surface area contributed by atoms with Gasteiger partial charge in [0, 0.05) is 56.1 Å². The molecule has 2 amide bonds. The second-order valence-corrected chi connectivity index (χ2v) is 6.34. The summed E-state index contributed by atoms with van der Waals surface area (Å²) in [6.45, 7) is 1.86. The van der Waals surface area contributed by atoms with E-state index >= 15 is 0 Å². The molecular weight excluding hydrogens is 346 g/mol. The molecule has 0 saturated carbocycles. The Balaban J connectivity index is 1.52. The SMILES string of the molecule is COCCOc1cc(C(=O)NC[C@@H]2CC(=O)N(c3ccccc3)C2)ccn1. The van der Waals surface area contributed by atoms with E-state index in [1.807, 2.05) is 30.3 Å². The number of benzene rings is 1. The lowest BCUT2D eigenvalue weighted by Gasteiger charge is -2.17. The van der Waals surface area contributed by atoms with E-state index in [9.17, 15) is 9.59 Å². The summed E-state index contributed by atoms with van der Waals surface area (Å²) in [6, 6.07) is 12.8. The van der Waals surface area contributed by atoms with Gasteiger partial charge in [0.25, 0.3) is 5.91 Å². The lowest BCUT2D eigenvalue weighted by molar-refractivity contribution is -0.117. The van der Waals surface area contributed by atoms with Crippen LogP contribution in [0.3, 0.4) is 0 Å². The maximum atomic E-state index is 12.4. The minimum absolute atomic E-state index is 0.0817. The average Bonchev–Trinajstić information content (AvgIpc) is 3.08. The number of ether oxygens (including phenoxy) is 2. The van der Waals surface area contributed by atoms with Crippen LogP contribution in [0.25, 0.3) is 0 Å². The molecule has 1 fully saturated rings. The van der Waals surface area contributed by atoms with Gasteiger partial charge < -0.3 is 19.7 Å². The first-order valence-electron chi connectivity index (χ1n) is 8.89. The molecule has 1 saturated heterocycles. The van der Waals surface area contributed by atoms with E-state index in [0.29, 0.717) is 44.2 Å². The van der Waals surface area contributed by atoms with E-state index in [0.717, 1.165) is 5.69 Å². The van der Waals surface area contributed by atoms with Gasteiger partial charge in [-0.3, -0.25) is 9.59 Å². The predicted molar refractivity (Wildman–Crippen MR) is 101 cm³/mol. The summed E-state index contributed by atoms with van der Waals surface area (Å²) in [5, 5.41) is 2.90. The molecule has 0 radical (unpaired) electrons. The Labute approximate surface area is 158 Å². The van der Waals surface area contributed by atoms with Gasteiger partial charge in [0.2, 0.25) is 11.8 Å². The molecule has 1 aromatic carbocycles. The van der Waals surface area contributed by atoms with E-state index in [1.165, 1.54) is 6.20 Å². The second-order valence-electron chi connectivity index (χ2n) is 6.34. The molecule has 7 nitrogen and oxygen atoms in total. The van der Waals surface area contributed by atoms with Crippen molar-refractivity contribution in [3.8, 4) is 5.88 Å². The summed E-state index contributed by atoms with van der Waals surface area (Å²) >= 11 is 0. The highest BCUT2D eigenvalue weighted by atomic mass is 16.5. The molecule has 27 heavy (non-hydrogen) atoms. The first kappa shape index (κ1) is 18.8. The van der Waals surface area contributed by atoms with Crippen molar-refractivity contribution in [1.29, 1.82) is 0 Å². The summed E-state index contributed by atoms with van der Waals surface area (Å²) in [6.07, 6.45) is 1.96. The number of pyridine rings is 1. The Bertz CT molecular complexity index is 782. The van der Waals surface area contributed by atoms with Crippen LogP contribution in [0.1, 0.15) is 16.8 Å². The third-order valence-corrected chi connectivity index (χ3v) is 4.36. The van der Waals surface area contributed by atoms with Crippen LogP contribution in [0.4, 0.5) is 5.69 Å². The van der Waals surface area contributed by atoms with Crippen molar-refractivity contribution in [2.24, 2.45) is 5.92 Å². The maximum absolute atomic E-state index is 12.4. The molecule has 1 N–H and O–H groups in total. The van der Waals surface area contributed by atoms with Crippen molar-refractivity contribution < 1.29 is 19.1 Å². The molecular formula is C20H23N3O4. The fourth-order valence-corrected chi connectivity index (χ4v) is 2.97. The van der Waals surface area contributed by atoms with Gasteiger partial charge in [0.05, 0.1) is 6.61 Å². The normalized spacial score (nSPS) is 16.4. The number of rotatable bonds is 8. The molecule has 1 aliphatic heterocycles. The number of para-hydroxylation sites is 1. The van der Waals surface area contributed by atoms with Crippen molar-refractivity contribution in [2.75, 3.05) is 38.3 Å². The van der Waals surface area contributed by atoms with Gasteiger partial charge in [-0.25, -0.2) is 4.98 Å². The Hall–Kier alpha value is -2.93. The number of anilines is 1. The molecule has 0 aliphatic carbocycles. The minimum Gasteiger partial charge on any atom is -0.475 e. The van der Waals surface area contributed by atoms with Crippen LogP contribution in [-0.4, -0.2) is 50.2 Å². The predicted octanol–water partition coefficient (Wildman–Crippen LogP) is 1.89. The number of carbonyl (C=O) groups is 2. The Morgan fingerprint density at radius 2 is 2.07 bits per heavy atom. The molecule has 0 bridgehead atoms. The highest BCUT2D eigenvalue weighted by Gasteiger charge is 2.30. The molecule has 142 valence electrons. The van der Waals surface area contributed by atoms with Gasteiger partial charge in [-0.1, -0.05) is 18.2 Å². The summed E-state index contributed by atoms with van der Waals surface area (Å²) < 4.78 is 10.3. The summed E-state index contributed by atoms with van der Waals surface area (Å²) in [4.78, 5) is 30.5. The molecule has 7 heteroatoms. The van der Waals surface area contributed by atoms with Gasteiger partial charge in [0.1, 0.15) is 6.61 Å². The zero-order valence-electron chi connectivity index (χ0n) is 15.3. The fraction of sp³-hybridized carbons (Fsp3) is 0.350. The summed E-state index contributed by atoms with van der Waals surface area (Å²) in [5.41, 5.74) is 1.37. The number of hydrogen-bond acceptors (Lipinski definition) is 5. The van der Waals surface area contributed by atoms with Gasteiger partial charge in [-0.05, 0) is 18.2 Å². The molecule has 1 atom stereocenters. The maximum Gasteiger partial charge on any atom is 0.251 e. The number of aromatic nitrogens is 1. The van der Waals surface area contributed by atoms with Gasteiger partial charge in [-0.15, -0.1) is 0 Å². The third-order valence-electron chi connectivity index (χ3n) is 4.36. The minimum atomic E-state index is -0.209. The largest absolute Gasteiger partial charge is 0.475 e. The van der Waals surface area contributed by atoms with Crippen molar-refractivity contribution in [1.82, 2.24) is 10.3 Å². The fourth-order valence-electron chi connectivity index (χ4n) is 2.97. The summed E-state index contributed by atoms with van der Waals surface area (Å²) in [5.74, 6) is 0.338. The number of nitrogens with one attached hydrogen (secondary N) is 1.